The van der Waals surface area contributed by atoms with E-state index in [-0.39, 0.29) is 16.6 Å². The van der Waals surface area contributed by atoms with E-state index in [0.29, 0.717) is 12.2 Å². The Morgan fingerprint density at radius 3 is 2.45 bits per heavy atom. The van der Waals surface area contributed by atoms with Crippen LogP contribution in [-0.2, 0) is 22.1 Å². The lowest BCUT2D eigenvalue weighted by molar-refractivity contribution is 0.0946. The molecule has 0 saturated carbocycles. The number of carbonyl (C=O) groups is 1. The highest BCUT2D eigenvalue weighted by atomic mass is 32.2. The SMILES string of the molecule is O=C(NCc1ccc(S(=O)(=O)Cc2ccccc2)cc1)c1cc2cnccc2[nH]1. The van der Waals surface area contributed by atoms with Gasteiger partial charge in [-0.1, -0.05) is 42.5 Å². The minimum absolute atomic E-state index is 0.0425. The van der Waals surface area contributed by atoms with Crippen molar-refractivity contribution in [1.82, 2.24) is 15.3 Å². The van der Waals surface area contributed by atoms with Crippen molar-refractivity contribution in [2.24, 2.45) is 0 Å². The fourth-order valence-electron chi connectivity index (χ4n) is 3.06. The van der Waals surface area contributed by atoms with Crippen LogP contribution in [0.2, 0.25) is 0 Å². The van der Waals surface area contributed by atoms with E-state index in [2.05, 4.69) is 15.3 Å². The molecule has 0 aliphatic rings. The number of hydrogen-bond donors (Lipinski definition) is 2. The molecular weight excluding hydrogens is 386 g/mol. The molecule has 2 N–H and O–H groups in total. The number of aromatic amines is 1. The van der Waals surface area contributed by atoms with Crippen molar-refractivity contribution in [2.45, 2.75) is 17.2 Å². The summed E-state index contributed by atoms with van der Waals surface area (Å²) in [6, 6.07) is 19.2. The molecule has 1 amide bonds. The average molecular weight is 405 g/mol. The predicted molar refractivity (Wildman–Crippen MR) is 111 cm³/mol. The van der Waals surface area contributed by atoms with Crippen molar-refractivity contribution in [3.63, 3.8) is 0 Å². The summed E-state index contributed by atoms with van der Waals surface area (Å²) < 4.78 is 25.1. The van der Waals surface area contributed by atoms with Gasteiger partial charge in [-0.2, -0.15) is 0 Å². The molecule has 0 unspecified atom stereocenters. The van der Waals surface area contributed by atoms with Gasteiger partial charge < -0.3 is 10.3 Å². The van der Waals surface area contributed by atoms with Crippen molar-refractivity contribution in [1.29, 1.82) is 0 Å². The van der Waals surface area contributed by atoms with Crippen LogP contribution < -0.4 is 5.32 Å². The van der Waals surface area contributed by atoms with Crippen molar-refractivity contribution in [3.8, 4) is 0 Å². The maximum absolute atomic E-state index is 12.6. The third-order valence-electron chi connectivity index (χ3n) is 4.60. The fourth-order valence-corrected chi connectivity index (χ4v) is 4.41. The second kappa shape index (κ2) is 7.89. The van der Waals surface area contributed by atoms with Gasteiger partial charge in [-0.3, -0.25) is 9.78 Å². The van der Waals surface area contributed by atoms with Gasteiger partial charge in [0.05, 0.1) is 10.6 Å². The van der Waals surface area contributed by atoms with Gasteiger partial charge in [0.25, 0.3) is 5.91 Å². The van der Waals surface area contributed by atoms with E-state index >= 15 is 0 Å². The number of aromatic nitrogens is 2. The molecule has 0 bridgehead atoms. The largest absolute Gasteiger partial charge is 0.350 e. The Morgan fingerprint density at radius 2 is 1.72 bits per heavy atom. The molecule has 0 aliphatic heterocycles. The molecule has 0 atom stereocenters. The van der Waals surface area contributed by atoms with Crippen LogP contribution in [0, 0.1) is 0 Å². The number of sulfone groups is 1. The van der Waals surface area contributed by atoms with E-state index < -0.39 is 9.84 Å². The molecule has 0 saturated heterocycles. The van der Waals surface area contributed by atoms with Gasteiger partial charge in [0.2, 0.25) is 0 Å². The lowest BCUT2D eigenvalue weighted by atomic mass is 10.2. The summed E-state index contributed by atoms with van der Waals surface area (Å²) in [4.78, 5) is 19.7. The van der Waals surface area contributed by atoms with Gasteiger partial charge in [0.1, 0.15) is 5.69 Å². The first-order valence-electron chi connectivity index (χ1n) is 9.08. The van der Waals surface area contributed by atoms with Gasteiger partial charge in [0, 0.05) is 29.8 Å². The van der Waals surface area contributed by atoms with E-state index in [0.717, 1.165) is 22.0 Å². The van der Waals surface area contributed by atoms with E-state index in [9.17, 15) is 13.2 Å². The Labute approximate surface area is 168 Å². The minimum atomic E-state index is -3.42. The number of amides is 1. The monoisotopic (exact) mass is 405 g/mol. The number of nitrogens with one attached hydrogen (secondary N) is 2. The van der Waals surface area contributed by atoms with Crippen LogP contribution in [0.4, 0.5) is 0 Å². The van der Waals surface area contributed by atoms with Gasteiger partial charge in [-0.15, -0.1) is 0 Å². The van der Waals surface area contributed by atoms with E-state index in [1.54, 1.807) is 60.9 Å². The maximum atomic E-state index is 12.6. The number of pyridine rings is 1. The van der Waals surface area contributed by atoms with E-state index in [4.69, 9.17) is 0 Å². The Kier molecular flexibility index (Phi) is 5.14. The highest BCUT2D eigenvalue weighted by Crippen LogP contribution is 2.17. The van der Waals surface area contributed by atoms with Crippen LogP contribution in [0.25, 0.3) is 10.9 Å². The van der Waals surface area contributed by atoms with Gasteiger partial charge in [0.15, 0.2) is 9.84 Å². The lowest BCUT2D eigenvalue weighted by Crippen LogP contribution is -2.23. The van der Waals surface area contributed by atoms with E-state index in [1.807, 2.05) is 18.2 Å². The molecular formula is C22H19N3O3S. The standard InChI is InChI=1S/C22H19N3O3S/c26-22(21-12-18-14-23-11-10-20(18)25-21)24-13-16-6-8-19(9-7-16)29(27,28)15-17-4-2-1-3-5-17/h1-12,14,25H,13,15H2,(H,24,26). The fraction of sp³-hybridized carbons (Fsp3) is 0.0909. The molecule has 0 fully saturated rings. The first kappa shape index (κ1) is 18.9. The molecule has 4 rings (SSSR count). The molecule has 4 aromatic rings. The number of fused-ring (bicyclic) bond motifs is 1. The van der Waals surface area contributed by atoms with Gasteiger partial charge in [-0.05, 0) is 35.4 Å². The summed E-state index contributed by atoms with van der Waals surface area (Å²) in [7, 11) is -3.42. The van der Waals surface area contributed by atoms with Crippen LogP contribution in [-0.4, -0.2) is 24.3 Å². The zero-order valence-electron chi connectivity index (χ0n) is 15.5. The molecule has 0 spiro atoms. The third-order valence-corrected chi connectivity index (χ3v) is 6.30. The highest BCUT2D eigenvalue weighted by Gasteiger charge is 2.15. The smallest absolute Gasteiger partial charge is 0.267 e. The minimum Gasteiger partial charge on any atom is -0.350 e. The number of nitrogens with zero attached hydrogens (tertiary/aromatic N) is 1. The van der Waals surface area contributed by atoms with Crippen LogP contribution in [0.5, 0.6) is 0 Å². The molecule has 2 aromatic heterocycles. The molecule has 0 radical (unpaired) electrons. The van der Waals surface area contributed by atoms with Gasteiger partial charge >= 0.3 is 0 Å². The molecule has 29 heavy (non-hydrogen) atoms. The Morgan fingerprint density at radius 1 is 0.966 bits per heavy atom. The Balaban J connectivity index is 1.41. The van der Waals surface area contributed by atoms with Crippen LogP contribution >= 0.6 is 0 Å². The first-order valence-corrected chi connectivity index (χ1v) is 10.7. The second-order valence-corrected chi connectivity index (χ2v) is 8.71. The van der Waals surface area contributed by atoms with Crippen molar-refractivity contribution >= 4 is 26.6 Å². The number of hydrogen-bond acceptors (Lipinski definition) is 4. The number of benzene rings is 2. The molecule has 2 aromatic carbocycles. The van der Waals surface area contributed by atoms with Gasteiger partial charge in [-0.25, -0.2) is 8.42 Å². The summed E-state index contributed by atoms with van der Waals surface area (Å²) in [5.74, 6) is -0.277. The van der Waals surface area contributed by atoms with Crippen LogP contribution in [0.1, 0.15) is 21.6 Å². The Hall–Kier alpha value is -3.45. The molecule has 146 valence electrons. The second-order valence-electron chi connectivity index (χ2n) is 6.72. The number of carbonyl (C=O) groups excluding carboxylic acids is 1. The maximum Gasteiger partial charge on any atom is 0.267 e. The summed E-state index contributed by atoms with van der Waals surface area (Å²) in [6.07, 6.45) is 3.35. The van der Waals surface area contributed by atoms with Crippen molar-refractivity contribution < 1.29 is 13.2 Å². The molecule has 2 heterocycles. The summed E-state index contributed by atoms with van der Waals surface area (Å²) in [5.41, 5.74) is 2.86. The zero-order chi connectivity index (χ0) is 20.3. The quantitative estimate of drug-likeness (QED) is 0.514. The lowest BCUT2D eigenvalue weighted by Gasteiger charge is -2.07. The molecule has 6 nitrogen and oxygen atoms in total. The first-order chi connectivity index (χ1) is 14.0. The average Bonchev–Trinajstić information content (AvgIpc) is 3.17. The normalized spacial score (nSPS) is 11.4. The van der Waals surface area contributed by atoms with Crippen molar-refractivity contribution in [3.05, 3.63) is 95.9 Å². The zero-order valence-corrected chi connectivity index (χ0v) is 16.3. The van der Waals surface area contributed by atoms with Crippen LogP contribution in [0.3, 0.4) is 0 Å². The molecule has 0 aliphatic carbocycles. The Bertz CT molecular complexity index is 1210. The summed E-state index contributed by atoms with van der Waals surface area (Å²) >= 11 is 0. The summed E-state index contributed by atoms with van der Waals surface area (Å²) in [5, 5.41) is 3.70. The van der Waals surface area contributed by atoms with Crippen molar-refractivity contribution in [2.75, 3.05) is 0 Å². The summed E-state index contributed by atoms with van der Waals surface area (Å²) in [6.45, 7) is 0.297. The van der Waals surface area contributed by atoms with E-state index in [1.165, 1.54) is 0 Å². The topological polar surface area (TPSA) is 91.9 Å². The third kappa shape index (κ3) is 4.35. The van der Waals surface area contributed by atoms with Crippen LogP contribution in [0.15, 0.2) is 84.0 Å². The number of H-pyrrole nitrogens is 1. The highest BCUT2D eigenvalue weighted by molar-refractivity contribution is 7.90. The number of rotatable bonds is 6. The molecule has 7 heteroatoms. The predicted octanol–water partition coefficient (Wildman–Crippen LogP) is 3.47.